The number of hydrogen-bond donors (Lipinski definition) is 0. The van der Waals surface area contributed by atoms with E-state index in [1.165, 1.54) is 167 Å². The topological polar surface area (TPSA) is 78.9 Å². The lowest BCUT2D eigenvalue weighted by Crippen LogP contribution is -2.30. The first-order valence-corrected chi connectivity index (χ1v) is 27.0. The summed E-state index contributed by atoms with van der Waals surface area (Å²) in [5.41, 5.74) is 0. The van der Waals surface area contributed by atoms with E-state index in [-0.39, 0.29) is 31.1 Å². The second-order valence-electron chi connectivity index (χ2n) is 18.2. The average Bonchev–Trinajstić information content (AvgIpc) is 3.27. The highest BCUT2D eigenvalue weighted by Crippen LogP contribution is 2.16. The van der Waals surface area contributed by atoms with Crippen molar-refractivity contribution in [1.29, 1.82) is 0 Å². The fourth-order valence-corrected chi connectivity index (χ4v) is 7.80. The lowest BCUT2D eigenvalue weighted by molar-refractivity contribution is -0.167. The maximum absolute atomic E-state index is 12.8. The Morgan fingerprint density at radius 1 is 0.323 bits per heavy atom. The zero-order valence-corrected chi connectivity index (χ0v) is 41.4. The summed E-state index contributed by atoms with van der Waals surface area (Å²) in [6.07, 6.45) is 59.9. The molecule has 0 aliphatic carbocycles. The molecule has 0 spiro atoms. The van der Waals surface area contributed by atoms with Crippen molar-refractivity contribution < 1.29 is 28.6 Å². The summed E-state index contributed by atoms with van der Waals surface area (Å²) in [6.45, 7) is 6.61. The summed E-state index contributed by atoms with van der Waals surface area (Å²) in [5, 5.41) is 0. The van der Waals surface area contributed by atoms with Crippen LogP contribution < -0.4 is 0 Å². The number of hydrogen-bond acceptors (Lipinski definition) is 6. The molecule has 0 radical (unpaired) electrons. The van der Waals surface area contributed by atoms with Crippen molar-refractivity contribution in [2.45, 2.75) is 290 Å². The number of unbranched alkanes of at least 4 members (excludes halogenated alkanes) is 32. The van der Waals surface area contributed by atoms with E-state index in [0.717, 1.165) is 77.0 Å². The van der Waals surface area contributed by atoms with Gasteiger partial charge >= 0.3 is 17.9 Å². The van der Waals surface area contributed by atoms with Gasteiger partial charge in [0.1, 0.15) is 13.2 Å². The molecule has 0 aromatic carbocycles. The molecule has 0 heterocycles. The molecule has 0 amide bonds. The average molecular weight is 871 g/mol. The molecule has 1 unspecified atom stereocenters. The largest absolute Gasteiger partial charge is 0.462 e. The molecular formula is C56H102O6. The van der Waals surface area contributed by atoms with E-state index < -0.39 is 6.10 Å². The van der Waals surface area contributed by atoms with Crippen LogP contribution in [0, 0.1) is 0 Å². The van der Waals surface area contributed by atoms with E-state index in [4.69, 9.17) is 14.2 Å². The zero-order valence-electron chi connectivity index (χ0n) is 41.4. The summed E-state index contributed by atoms with van der Waals surface area (Å²) in [6, 6.07) is 0. The van der Waals surface area contributed by atoms with Gasteiger partial charge in [0.25, 0.3) is 0 Å². The smallest absolute Gasteiger partial charge is 0.306 e. The van der Waals surface area contributed by atoms with E-state index in [2.05, 4.69) is 57.2 Å². The Labute approximate surface area is 385 Å². The third-order valence-electron chi connectivity index (χ3n) is 11.9. The van der Waals surface area contributed by atoms with Crippen molar-refractivity contribution in [1.82, 2.24) is 0 Å². The van der Waals surface area contributed by atoms with Gasteiger partial charge in [-0.05, 0) is 57.8 Å². The highest BCUT2D eigenvalue weighted by Gasteiger charge is 2.19. The van der Waals surface area contributed by atoms with Crippen molar-refractivity contribution in [2.24, 2.45) is 0 Å². The van der Waals surface area contributed by atoms with Crippen LogP contribution in [0.3, 0.4) is 0 Å². The number of esters is 3. The molecule has 0 aliphatic heterocycles. The molecule has 0 aliphatic rings. The molecule has 6 nitrogen and oxygen atoms in total. The van der Waals surface area contributed by atoms with Gasteiger partial charge < -0.3 is 14.2 Å². The fraction of sp³-hybridized carbons (Fsp3) is 0.839. The second kappa shape index (κ2) is 51.3. The molecule has 0 fully saturated rings. The van der Waals surface area contributed by atoms with Gasteiger partial charge in [0, 0.05) is 19.3 Å². The predicted molar refractivity (Wildman–Crippen MR) is 266 cm³/mol. The summed E-state index contributed by atoms with van der Waals surface area (Å²) >= 11 is 0. The highest BCUT2D eigenvalue weighted by molar-refractivity contribution is 5.71. The van der Waals surface area contributed by atoms with Crippen LogP contribution >= 0.6 is 0 Å². The molecule has 0 saturated heterocycles. The van der Waals surface area contributed by atoms with Crippen molar-refractivity contribution in [3.05, 3.63) is 36.5 Å². The number of ether oxygens (including phenoxy) is 3. The van der Waals surface area contributed by atoms with Crippen LogP contribution in [0.4, 0.5) is 0 Å². The normalized spacial score (nSPS) is 12.2. The van der Waals surface area contributed by atoms with Gasteiger partial charge in [-0.25, -0.2) is 0 Å². The van der Waals surface area contributed by atoms with Gasteiger partial charge in [0.2, 0.25) is 0 Å². The molecule has 0 bridgehead atoms. The molecule has 0 saturated carbocycles. The lowest BCUT2D eigenvalue weighted by Gasteiger charge is -2.18. The van der Waals surface area contributed by atoms with Crippen LogP contribution in [0.2, 0.25) is 0 Å². The van der Waals surface area contributed by atoms with Gasteiger partial charge in [-0.15, -0.1) is 0 Å². The molecule has 0 N–H and O–H groups in total. The van der Waals surface area contributed by atoms with Gasteiger partial charge in [-0.2, -0.15) is 0 Å². The lowest BCUT2D eigenvalue weighted by atomic mass is 10.0. The van der Waals surface area contributed by atoms with Gasteiger partial charge in [-0.1, -0.05) is 243 Å². The third-order valence-corrected chi connectivity index (χ3v) is 11.9. The highest BCUT2D eigenvalue weighted by atomic mass is 16.6. The van der Waals surface area contributed by atoms with Crippen LogP contribution in [-0.2, 0) is 28.6 Å². The molecule has 0 rings (SSSR count). The Bertz CT molecular complexity index is 1050. The van der Waals surface area contributed by atoms with E-state index in [0.29, 0.717) is 19.3 Å². The van der Waals surface area contributed by atoms with Crippen molar-refractivity contribution in [3.63, 3.8) is 0 Å². The quantitative estimate of drug-likeness (QED) is 0.0262. The van der Waals surface area contributed by atoms with E-state index in [9.17, 15) is 14.4 Å². The van der Waals surface area contributed by atoms with Gasteiger partial charge in [0.05, 0.1) is 0 Å². The van der Waals surface area contributed by atoms with E-state index in [1.54, 1.807) is 0 Å². The minimum atomic E-state index is -0.771. The van der Waals surface area contributed by atoms with Crippen LogP contribution in [0.25, 0.3) is 0 Å². The van der Waals surface area contributed by atoms with Crippen LogP contribution in [-0.4, -0.2) is 37.2 Å². The molecule has 0 aromatic rings. The van der Waals surface area contributed by atoms with E-state index >= 15 is 0 Å². The number of allylic oxidation sites excluding steroid dienone is 6. The fourth-order valence-electron chi connectivity index (χ4n) is 7.80. The SMILES string of the molecule is CCCCC/C=C\C/C=C\C/C=C\CCCCCCCCC(=O)OCC(COC(=O)CCCCCCCCCCC)OC(=O)CCCCCCCCCCCCCCCCCC. The Morgan fingerprint density at radius 2 is 0.581 bits per heavy atom. The summed E-state index contributed by atoms with van der Waals surface area (Å²) in [5.74, 6) is -0.875. The van der Waals surface area contributed by atoms with Crippen molar-refractivity contribution in [2.75, 3.05) is 13.2 Å². The minimum absolute atomic E-state index is 0.0724. The van der Waals surface area contributed by atoms with Crippen LogP contribution in [0.1, 0.15) is 284 Å². The number of rotatable bonds is 49. The molecule has 1 atom stereocenters. The molecule has 0 aromatic heterocycles. The zero-order chi connectivity index (χ0) is 45.1. The first-order valence-electron chi connectivity index (χ1n) is 27.0. The number of carbonyl (C=O) groups excluding carboxylic acids is 3. The Morgan fingerprint density at radius 3 is 0.935 bits per heavy atom. The first kappa shape index (κ1) is 59.6. The third kappa shape index (κ3) is 48.7. The van der Waals surface area contributed by atoms with Crippen molar-refractivity contribution >= 4 is 17.9 Å². The molecule has 6 heteroatoms. The van der Waals surface area contributed by atoms with Crippen LogP contribution in [0.5, 0.6) is 0 Å². The van der Waals surface area contributed by atoms with Gasteiger partial charge in [0.15, 0.2) is 6.10 Å². The second-order valence-corrected chi connectivity index (χ2v) is 18.2. The Hall–Kier alpha value is -2.37. The minimum Gasteiger partial charge on any atom is -0.462 e. The maximum Gasteiger partial charge on any atom is 0.306 e. The molecule has 362 valence electrons. The molecular weight excluding hydrogens is 769 g/mol. The van der Waals surface area contributed by atoms with Crippen molar-refractivity contribution in [3.8, 4) is 0 Å². The van der Waals surface area contributed by atoms with Gasteiger partial charge in [-0.3, -0.25) is 14.4 Å². The molecule has 62 heavy (non-hydrogen) atoms. The monoisotopic (exact) mass is 871 g/mol. The summed E-state index contributed by atoms with van der Waals surface area (Å²) in [4.78, 5) is 37.9. The predicted octanol–water partition coefficient (Wildman–Crippen LogP) is 17.7. The summed E-state index contributed by atoms with van der Waals surface area (Å²) < 4.78 is 16.8. The van der Waals surface area contributed by atoms with Crippen LogP contribution in [0.15, 0.2) is 36.5 Å². The first-order chi connectivity index (χ1) is 30.5. The Kier molecular flexibility index (Phi) is 49.3. The Balaban J connectivity index is 4.30. The summed E-state index contributed by atoms with van der Waals surface area (Å²) in [7, 11) is 0. The maximum atomic E-state index is 12.8. The van der Waals surface area contributed by atoms with E-state index in [1.807, 2.05) is 0 Å². The standard InChI is InChI=1S/C56H102O6/c1-4-7-10-13-16-19-21-23-25-27-28-29-31-32-34-37-40-43-46-49-55(58)61-52-53(51-60-54(57)48-45-42-39-36-18-15-12-9-6-3)62-56(59)50-47-44-41-38-35-33-30-26-24-22-20-17-14-11-8-5-2/h16,19,23,25,28-29,53H,4-15,17-18,20-22,24,26-27,30-52H2,1-3H3/b19-16-,25-23-,29-28-. The number of carbonyl (C=O) groups is 3.